The molecule has 3 saturated heterocycles. The first-order chi connectivity index (χ1) is 5.86. The van der Waals surface area contributed by atoms with Crippen molar-refractivity contribution in [3.63, 3.8) is 0 Å². The first kappa shape index (κ1) is 10.0. The van der Waals surface area contributed by atoms with Crippen LogP contribution in [0.15, 0.2) is 0 Å². The summed E-state index contributed by atoms with van der Waals surface area (Å²) in [5, 5.41) is 0. The zero-order valence-corrected chi connectivity index (χ0v) is 8.68. The molecule has 0 aromatic heterocycles. The number of piperidine rings is 3. The summed E-state index contributed by atoms with van der Waals surface area (Å²) in [6.07, 6.45) is 7.10. The first-order valence-electron chi connectivity index (χ1n) is 5.59. The molecule has 1 nitrogen and oxygen atoms in total. The highest BCUT2D eigenvalue weighted by Crippen LogP contribution is 2.26. The third-order valence-corrected chi connectivity index (χ3v) is 3.06. The Morgan fingerprint density at radius 3 is 1.42 bits per heavy atom. The summed E-state index contributed by atoms with van der Waals surface area (Å²) >= 11 is 0. The molecule has 3 heterocycles. The molecule has 0 radical (unpaired) electrons. The molecule has 0 aromatic carbocycles. The Morgan fingerprint density at radius 1 is 0.917 bits per heavy atom. The molecule has 0 saturated carbocycles. The maximum Gasteiger partial charge on any atom is -0.00161 e. The van der Waals surface area contributed by atoms with Crippen molar-refractivity contribution in [2.75, 3.05) is 19.6 Å². The molecule has 0 aromatic rings. The third kappa shape index (κ3) is 3.14. The van der Waals surface area contributed by atoms with Gasteiger partial charge in [-0.25, -0.2) is 0 Å². The number of nitrogens with zero attached hydrogens (tertiary/aromatic N) is 1. The number of hydrogen-bond acceptors (Lipinski definition) is 1. The lowest BCUT2D eigenvalue weighted by Crippen LogP contribution is -2.41. The van der Waals surface area contributed by atoms with Crippen molar-refractivity contribution in [3.05, 3.63) is 0 Å². The SMILES string of the molecule is C1CN2CCC1CC2.CCCC. The summed E-state index contributed by atoms with van der Waals surface area (Å²) in [4.78, 5) is 2.58. The van der Waals surface area contributed by atoms with Crippen molar-refractivity contribution < 1.29 is 0 Å². The van der Waals surface area contributed by atoms with Gasteiger partial charge in [0.15, 0.2) is 0 Å². The topological polar surface area (TPSA) is 3.24 Å². The fraction of sp³-hybridized carbons (Fsp3) is 1.00. The Labute approximate surface area is 77.1 Å². The Kier molecular flexibility index (Phi) is 4.67. The van der Waals surface area contributed by atoms with Crippen LogP contribution in [0.4, 0.5) is 0 Å². The molecule has 3 aliphatic rings. The highest BCUT2D eigenvalue weighted by molar-refractivity contribution is 4.78. The minimum Gasteiger partial charge on any atom is -0.303 e. The van der Waals surface area contributed by atoms with Gasteiger partial charge in [0, 0.05) is 0 Å². The van der Waals surface area contributed by atoms with Crippen LogP contribution in [0.3, 0.4) is 0 Å². The molecule has 72 valence electrons. The molecular weight excluding hydrogens is 146 g/mol. The Balaban J connectivity index is 0.000000157. The van der Waals surface area contributed by atoms with Crippen molar-refractivity contribution >= 4 is 0 Å². The first-order valence-corrected chi connectivity index (χ1v) is 5.59. The van der Waals surface area contributed by atoms with Gasteiger partial charge in [-0.3, -0.25) is 0 Å². The van der Waals surface area contributed by atoms with E-state index < -0.39 is 0 Å². The van der Waals surface area contributed by atoms with Gasteiger partial charge in [0.05, 0.1) is 0 Å². The van der Waals surface area contributed by atoms with Gasteiger partial charge in [0.1, 0.15) is 0 Å². The fourth-order valence-corrected chi connectivity index (χ4v) is 1.86. The van der Waals surface area contributed by atoms with Crippen LogP contribution in [-0.4, -0.2) is 24.5 Å². The van der Waals surface area contributed by atoms with Crippen LogP contribution in [0.1, 0.15) is 46.0 Å². The van der Waals surface area contributed by atoms with Gasteiger partial charge in [0.25, 0.3) is 0 Å². The fourth-order valence-electron chi connectivity index (χ4n) is 1.86. The van der Waals surface area contributed by atoms with Crippen LogP contribution in [0.2, 0.25) is 0 Å². The van der Waals surface area contributed by atoms with E-state index in [9.17, 15) is 0 Å². The Morgan fingerprint density at radius 2 is 1.33 bits per heavy atom. The highest BCUT2D eigenvalue weighted by atomic mass is 15.1. The molecule has 0 unspecified atom stereocenters. The number of fused-ring (bicyclic) bond motifs is 3. The van der Waals surface area contributed by atoms with E-state index in [2.05, 4.69) is 18.7 Å². The monoisotopic (exact) mass is 169 g/mol. The van der Waals surface area contributed by atoms with Gasteiger partial charge in [-0.15, -0.1) is 0 Å². The lowest BCUT2D eigenvalue weighted by molar-refractivity contribution is 0.111. The molecule has 0 N–H and O–H groups in total. The summed E-state index contributed by atoms with van der Waals surface area (Å²) in [6, 6.07) is 0. The second-order valence-corrected chi connectivity index (χ2v) is 4.07. The molecule has 0 aliphatic carbocycles. The van der Waals surface area contributed by atoms with E-state index in [-0.39, 0.29) is 0 Å². The maximum absolute atomic E-state index is 2.58. The predicted molar refractivity (Wildman–Crippen MR) is 54.4 cm³/mol. The lowest BCUT2D eigenvalue weighted by Gasteiger charge is -2.38. The Bertz CT molecular complexity index is 78.6. The second kappa shape index (κ2) is 5.58. The average Bonchev–Trinajstić information content (AvgIpc) is 2.21. The zero-order valence-electron chi connectivity index (χ0n) is 8.68. The summed E-state index contributed by atoms with van der Waals surface area (Å²) in [5.74, 6) is 1.11. The predicted octanol–water partition coefficient (Wildman–Crippen LogP) is 2.91. The van der Waals surface area contributed by atoms with Crippen LogP contribution < -0.4 is 0 Å². The van der Waals surface area contributed by atoms with Gasteiger partial charge in [0.2, 0.25) is 0 Å². The van der Waals surface area contributed by atoms with E-state index >= 15 is 0 Å². The van der Waals surface area contributed by atoms with E-state index in [1.54, 1.807) is 0 Å². The van der Waals surface area contributed by atoms with E-state index in [4.69, 9.17) is 0 Å². The smallest absolute Gasteiger partial charge is 0.00161 e. The molecule has 1 heteroatoms. The van der Waals surface area contributed by atoms with E-state index in [1.165, 1.54) is 51.7 Å². The van der Waals surface area contributed by atoms with E-state index in [1.807, 2.05) is 0 Å². The largest absolute Gasteiger partial charge is 0.303 e. The second-order valence-electron chi connectivity index (χ2n) is 4.07. The summed E-state index contributed by atoms with van der Waals surface area (Å²) in [7, 11) is 0. The molecule has 3 rings (SSSR count). The summed E-state index contributed by atoms with van der Waals surface area (Å²) in [6.45, 7) is 8.54. The normalized spacial score (nSPS) is 32.5. The summed E-state index contributed by atoms with van der Waals surface area (Å²) in [5.41, 5.74) is 0. The van der Waals surface area contributed by atoms with Crippen molar-refractivity contribution in [2.45, 2.75) is 46.0 Å². The molecule has 3 aliphatic heterocycles. The molecule has 0 spiro atoms. The minimum atomic E-state index is 1.11. The summed E-state index contributed by atoms with van der Waals surface area (Å²) < 4.78 is 0. The van der Waals surface area contributed by atoms with Gasteiger partial charge >= 0.3 is 0 Å². The van der Waals surface area contributed by atoms with Crippen LogP contribution in [-0.2, 0) is 0 Å². The molecule has 0 atom stereocenters. The van der Waals surface area contributed by atoms with Crippen molar-refractivity contribution in [2.24, 2.45) is 5.92 Å². The van der Waals surface area contributed by atoms with Gasteiger partial charge < -0.3 is 4.90 Å². The maximum atomic E-state index is 2.58. The van der Waals surface area contributed by atoms with Crippen molar-refractivity contribution in [3.8, 4) is 0 Å². The molecule has 12 heavy (non-hydrogen) atoms. The van der Waals surface area contributed by atoms with Crippen molar-refractivity contribution in [1.82, 2.24) is 4.90 Å². The highest BCUT2D eigenvalue weighted by Gasteiger charge is 2.24. The van der Waals surface area contributed by atoms with Crippen LogP contribution >= 0.6 is 0 Å². The standard InChI is InChI=1S/C7H13N.C4H10/c1-4-8-5-2-7(1)3-6-8;1-3-4-2/h7H,1-6H2;3-4H2,1-2H3. The molecule has 2 bridgehead atoms. The lowest BCUT2D eigenvalue weighted by atomic mass is 9.89. The van der Waals surface area contributed by atoms with E-state index in [0.29, 0.717) is 0 Å². The number of hydrogen-bond donors (Lipinski definition) is 0. The van der Waals surface area contributed by atoms with Crippen LogP contribution in [0, 0.1) is 5.92 Å². The Hall–Kier alpha value is -0.0400. The molecule has 3 fully saturated rings. The molecular formula is C11H23N. The van der Waals surface area contributed by atoms with Gasteiger partial charge in [-0.05, 0) is 44.8 Å². The number of rotatable bonds is 1. The van der Waals surface area contributed by atoms with Crippen molar-refractivity contribution in [1.29, 1.82) is 0 Å². The van der Waals surface area contributed by atoms with Crippen LogP contribution in [0.25, 0.3) is 0 Å². The van der Waals surface area contributed by atoms with Crippen LogP contribution in [0.5, 0.6) is 0 Å². The average molecular weight is 169 g/mol. The zero-order chi connectivity index (χ0) is 8.81. The van der Waals surface area contributed by atoms with Gasteiger partial charge in [-0.1, -0.05) is 26.7 Å². The number of unbranched alkanes of at least 4 members (excludes halogenated alkanes) is 1. The van der Waals surface area contributed by atoms with E-state index in [0.717, 1.165) is 5.92 Å². The quantitative estimate of drug-likeness (QED) is 0.583. The molecule has 0 amide bonds. The third-order valence-electron chi connectivity index (χ3n) is 3.06. The minimum absolute atomic E-state index is 1.11. The van der Waals surface area contributed by atoms with Gasteiger partial charge in [-0.2, -0.15) is 0 Å².